The van der Waals surface area contributed by atoms with Gasteiger partial charge in [0, 0.05) is 23.5 Å². The van der Waals surface area contributed by atoms with Crippen molar-refractivity contribution in [3.63, 3.8) is 0 Å². The van der Waals surface area contributed by atoms with E-state index in [-0.39, 0.29) is 0 Å². The van der Waals surface area contributed by atoms with Crippen LogP contribution in [-0.2, 0) is 0 Å². The van der Waals surface area contributed by atoms with Crippen LogP contribution < -0.4 is 0 Å². The number of fused-ring (bicyclic) bond motifs is 2. The van der Waals surface area contributed by atoms with Crippen LogP contribution in [0.5, 0.6) is 0 Å². The van der Waals surface area contributed by atoms with Gasteiger partial charge in [0.25, 0.3) is 0 Å². The minimum absolute atomic E-state index is 0.760. The first kappa shape index (κ1) is 19.8. The van der Waals surface area contributed by atoms with Crippen LogP contribution in [0.3, 0.4) is 0 Å². The number of hydrogen-bond donors (Lipinski definition) is 0. The molecular weight excluding hydrogens is 420 g/mol. The molecule has 0 spiro atoms. The van der Waals surface area contributed by atoms with Crippen molar-refractivity contribution >= 4 is 23.5 Å². The van der Waals surface area contributed by atoms with Crippen molar-refractivity contribution in [1.29, 1.82) is 0 Å². The average molecular weight is 441 g/mol. The maximum absolute atomic E-state index is 4.82. The fourth-order valence-electron chi connectivity index (χ4n) is 4.07. The number of pyridine rings is 2. The fraction of sp³-hybridized carbons (Fsp3) is 0. The molecule has 0 unspecified atom stereocenters. The molecule has 0 atom stereocenters. The summed E-state index contributed by atoms with van der Waals surface area (Å²) in [4.78, 5) is 9.64. The summed E-state index contributed by atoms with van der Waals surface area (Å²) in [5.41, 5.74) is 5.56. The van der Waals surface area contributed by atoms with Gasteiger partial charge in [-0.3, -0.25) is 8.80 Å². The molecule has 0 N–H and O–H groups in total. The first-order valence-electron chi connectivity index (χ1n) is 11.0. The van der Waals surface area contributed by atoms with Gasteiger partial charge >= 0.3 is 0 Å². The highest BCUT2D eigenvalue weighted by Crippen LogP contribution is 2.23. The molecule has 0 saturated carbocycles. The maximum Gasteiger partial charge on any atom is 0.145 e. The van der Waals surface area contributed by atoms with Gasteiger partial charge in [0.1, 0.15) is 23.0 Å². The molecule has 0 amide bonds. The van der Waals surface area contributed by atoms with Gasteiger partial charge in [-0.05, 0) is 24.3 Å². The zero-order chi connectivity index (χ0) is 22.7. The lowest BCUT2D eigenvalue weighted by molar-refractivity contribution is 1.16. The van der Waals surface area contributed by atoms with Gasteiger partial charge in [-0.25, -0.2) is 9.97 Å². The molecule has 0 aliphatic rings. The van der Waals surface area contributed by atoms with Gasteiger partial charge in [0.15, 0.2) is 0 Å². The van der Waals surface area contributed by atoms with E-state index in [1.807, 2.05) is 85.2 Å². The summed E-state index contributed by atoms with van der Waals surface area (Å²) in [6.07, 6.45) is 7.39. The lowest BCUT2D eigenvalue weighted by Crippen LogP contribution is -1.87. The third kappa shape index (κ3) is 3.57. The molecular formula is C28H20N6. The standard InChI is InChI=1S/C28H20N6/c1-3-11-21(12-4-1)27-31-23(25-15-7-9-17-33(25)27)19-29-30-20-24-26-16-8-10-18-34(26)28(32-24)22-13-5-2-6-14-22/h1-20H/b29-19+,30-20+. The number of nitrogens with zero attached hydrogens (tertiary/aromatic N) is 6. The second kappa shape index (κ2) is 8.60. The Labute approximate surface area is 196 Å². The SMILES string of the molecule is C(=N\N=C\c1nc(-c2ccccc2)n2ccccc12)/c1nc(-c2ccccc2)n2ccccc12. The maximum atomic E-state index is 4.82. The summed E-state index contributed by atoms with van der Waals surface area (Å²) in [6, 6.07) is 32.3. The molecule has 0 aliphatic carbocycles. The molecule has 0 fully saturated rings. The van der Waals surface area contributed by atoms with Crippen molar-refractivity contribution in [1.82, 2.24) is 18.8 Å². The molecule has 0 bridgehead atoms. The van der Waals surface area contributed by atoms with Crippen LogP contribution in [-0.4, -0.2) is 31.2 Å². The van der Waals surface area contributed by atoms with E-state index in [4.69, 9.17) is 9.97 Å². The Balaban J connectivity index is 1.35. The Morgan fingerprint density at radius 1 is 0.500 bits per heavy atom. The molecule has 6 heteroatoms. The summed E-state index contributed by atoms with van der Waals surface area (Å²) in [6.45, 7) is 0. The van der Waals surface area contributed by atoms with Crippen molar-refractivity contribution in [2.45, 2.75) is 0 Å². The van der Waals surface area contributed by atoms with Crippen LogP contribution in [0.15, 0.2) is 120 Å². The predicted molar refractivity (Wildman–Crippen MR) is 136 cm³/mol. The Morgan fingerprint density at radius 3 is 1.35 bits per heavy atom. The summed E-state index contributed by atoms with van der Waals surface area (Å²) >= 11 is 0. The summed E-state index contributed by atoms with van der Waals surface area (Å²) in [5.74, 6) is 1.74. The Morgan fingerprint density at radius 2 is 0.912 bits per heavy atom. The third-order valence-corrected chi connectivity index (χ3v) is 5.64. The van der Waals surface area contributed by atoms with Gasteiger partial charge in [-0.15, -0.1) is 0 Å². The normalized spacial score (nSPS) is 11.9. The number of hydrogen-bond acceptors (Lipinski definition) is 4. The Hall–Kier alpha value is -4.84. The van der Waals surface area contributed by atoms with Crippen LogP contribution >= 0.6 is 0 Å². The zero-order valence-corrected chi connectivity index (χ0v) is 18.2. The molecule has 4 aromatic heterocycles. The second-order valence-corrected chi connectivity index (χ2v) is 7.77. The van der Waals surface area contributed by atoms with E-state index in [1.165, 1.54) is 0 Å². The quantitative estimate of drug-likeness (QED) is 0.252. The summed E-state index contributed by atoms with van der Waals surface area (Å²) in [7, 11) is 0. The molecule has 0 radical (unpaired) electrons. The van der Waals surface area contributed by atoms with E-state index in [0.29, 0.717) is 0 Å². The molecule has 6 rings (SSSR count). The van der Waals surface area contributed by atoms with Crippen LogP contribution in [0.2, 0.25) is 0 Å². The molecule has 162 valence electrons. The van der Waals surface area contributed by atoms with E-state index in [2.05, 4.69) is 43.3 Å². The molecule has 2 aromatic carbocycles. The minimum atomic E-state index is 0.760. The molecule has 0 aliphatic heterocycles. The number of rotatable bonds is 5. The predicted octanol–water partition coefficient (Wildman–Crippen LogP) is 5.77. The van der Waals surface area contributed by atoms with E-state index in [1.54, 1.807) is 12.4 Å². The molecule has 6 aromatic rings. The third-order valence-electron chi connectivity index (χ3n) is 5.64. The number of benzene rings is 2. The molecule has 34 heavy (non-hydrogen) atoms. The first-order chi connectivity index (χ1) is 16.9. The van der Waals surface area contributed by atoms with E-state index < -0.39 is 0 Å². The van der Waals surface area contributed by atoms with Gasteiger partial charge in [-0.1, -0.05) is 72.8 Å². The van der Waals surface area contributed by atoms with Crippen molar-refractivity contribution in [3.8, 4) is 22.8 Å². The highest BCUT2D eigenvalue weighted by molar-refractivity contribution is 5.91. The highest BCUT2D eigenvalue weighted by atomic mass is 15.2. The largest absolute Gasteiger partial charge is 0.299 e. The van der Waals surface area contributed by atoms with Crippen molar-refractivity contribution in [2.75, 3.05) is 0 Å². The second-order valence-electron chi connectivity index (χ2n) is 7.77. The fourth-order valence-corrected chi connectivity index (χ4v) is 4.07. The summed E-state index contributed by atoms with van der Waals surface area (Å²) in [5, 5.41) is 8.60. The molecule has 6 nitrogen and oxygen atoms in total. The van der Waals surface area contributed by atoms with Crippen LogP contribution in [0, 0.1) is 0 Å². The number of aromatic nitrogens is 4. The summed E-state index contributed by atoms with van der Waals surface area (Å²) < 4.78 is 4.13. The van der Waals surface area contributed by atoms with E-state index in [9.17, 15) is 0 Å². The Bertz CT molecular complexity index is 1520. The minimum Gasteiger partial charge on any atom is -0.299 e. The van der Waals surface area contributed by atoms with Gasteiger partial charge < -0.3 is 0 Å². The number of imidazole rings is 2. The lowest BCUT2D eigenvalue weighted by Gasteiger charge is -1.99. The van der Waals surface area contributed by atoms with Gasteiger partial charge in [-0.2, -0.15) is 10.2 Å². The monoisotopic (exact) mass is 440 g/mol. The topological polar surface area (TPSA) is 59.3 Å². The van der Waals surface area contributed by atoms with Gasteiger partial charge in [0.05, 0.1) is 23.5 Å². The molecule has 4 heterocycles. The van der Waals surface area contributed by atoms with Crippen LogP contribution in [0.4, 0.5) is 0 Å². The van der Waals surface area contributed by atoms with Crippen molar-refractivity contribution < 1.29 is 0 Å². The highest BCUT2D eigenvalue weighted by Gasteiger charge is 2.12. The molecule has 0 saturated heterocycles. The zero-order valence-electron chi connectivity index (χ0n) is 18.2. The smallest absolute Gasteiger partial charge is 0.145 e. The average Bonchev–Trinajstić information content (AvgIpc) is 3.47. The van der Waals surface area contributed by atoms with Crippen LogP contribution in [0.1, 0.15) is 11.4 Å². The van der Waals surface area contributed by atoms with E-state index >= 15 is 0 Å². The van der Waals surface area contributed by atoms with E-state index in [0.717, 1.165) is 45.2 Å². The first-order valence-corrected chi connectivity index (χ1v) is 11.0. The van der Waals surface area contributed by atoms with Crippen molar-refractivity contribution in [2.24, 2.45) is 10.2 Å². The van der Waals surface area contributed by atoms with Crippen molar-refractivity contribution in [3.05, 3.63) is 121 Å². The van der Waals surface area contributed by atoms with Gasteiger partial charge in [0.2, 0.25) is 0 Å². The lowest BCUT2D eigenvalue weighted by atomic mass is 10.2. The van der Waals surface area contributed by atoms with Crippen LogP contribution in [0.25, 0.3) is 33.8 Å². The Kier molecular flexibility index (Phi) is 5.01.